The molecule has 0 radical (unpaired) electrons. The minimum atomic E-state index is -4.41. The minimum absolute atomic E-state index is 0.0615. The normalized spacial score (nSPS) is 25.5. The van der Waals surface area contributed by atoms with E-state index in [0.717, 1.165) is 12.1 Å². The Labute approximate surface area is 113 Å². The fourth-order valence-corrected chi connectivity index (χ4v) is 2.92. The van der Waals surface area contributed by atoms with Crippen LogP contribution in [0.1, 0.15) is 37.4 Å². The van der Waals surface area contributed by atoms with Gasteiger partial charge in [-0.15, -0.1) is 0 Å². The monoisotopic (exact) mass is 294 g/mol. The van der Waals surface area contributed by atoms with Gasteiger partial charge >= 0.3 is 6.18 Å². The number of aliphatic hydroxyl groups is 1. The van der Waals surface area contributed by atoms with E-state index in [1.54, 1.807) is 0 Å². The summed E-state index contributed by atoms with van der Waals surface area (Å²) in [6.45, 7) is 0. The van der Waals surface area contributed by atoms with Crippen LogP contribution in [0.2, 0.25) is 0 Å². The number of hydrogen-bond donors (Lipinski definition) is 1. The lowest BCUT2D eigenvalue weighted by Crippen LogP contribution is -2.36. The Morgan fingerprint density at radius 3 is 2.35 bits per heavy atom. The highest BCUT2D eigenvalue weighted by atomic mass is 19.4. The molecule has 0 bridgehead atoms. The lowest BCUT2D eigenvalue weighted by molar-refractivity contribution is -0.207. The van der Waals surface area contributed by atoms with Crippen molar-refractivity contribution < 1.29 is 27.1 Å². The number of aliphatic hydroxyl groups excluding tert-OH is 1. The molecule has 1 aromatic carbocycles. The molecule has 1 aliphatic carbocycles. The van der Waals surface area contributed by atoms with E-state index in [1.807, 2.05) is 0 Å². The molecule has 0 aliphatic heterocycles. The first-order valence-corrected chi connectivity index (χ1v) is 6.50. The van der Waals surface area contributed by atoms with Gasteiger partial charge < -0.3 is 5.11 Å². The molecule has 0 aromatic heterocycles. The van der Waals surface area contributed by atoms with E-state index in [-0.39, 0.29) is 18.4 Å². The van der Waals surface area contributed by atoms with Gasteiger partial charge in [0, 0.05) is 17.5 Å². The topological polar surface area (TPSA) is 20.2 Å². The molecule has 1 aromatic rings. The Morgan fingerprint density at radius 1 is 1.10 bits per heavy atom. The third kappa shape index (κ3) is 3.11. The second kappa shape index (κ2) is 5.68. The highest BCUT2D eigenvalue weighted by Gasteiger charge is 2.48. The molecule has 1 fully saturated rings. The predicted molar refractivity (Wildman–Crippen MR) is 62.8 cm³/mol. The standard InChI is InChI=1S/C14H15F5O/c15-8-5-6-10(12(16)7-8)13(20)9-3-1-2-4-11(9)14(17,18)19/h5-7,9,11,13,20H,1-4H2. The summed E-state index contributed by atoms with van der Waals surface area (Å²) >= 11 is 0. The third-order valence-corrected chi connectivity index (χ3v) is 3.93. The quantitative estimate of drug-likeness (QED) is 0.803. The Kier molecular flexibility index (Phi) is 4.32. The molecule has 1 saturated carbocycles. The minimum Gasteiger partial charge on any atom is -0.388 e. The molecule has 20 heavy (non-hydrogen) atoms. The van der Waals surface area contributed by atoms with Crippen LogP contribution in [0, 0.1) is 23.5 Å². The molecule has 112 valence electrons. The third-order valence-electron chi connectivity index (χ3n) is 3.93. The maximum atomic E-state index is 13.6. The van der Waals surface area contributed by atoms with Crippen molar-refractivity contribution in [1.29, 1.82) is 0 Å². The Hall–Kier alpha value is -1.17. The molecule has 0 amide bonds. The molecule has 3 unspecified atom stereocenters. The first kappa shape index (κ1) is 15.2. The van der Waals surface area contributed by atoms with Crippen LogP contribution in [0.3, 0.4) is 0 Å². The van der Waals surface area contributed by atoms with Gasteiger partial charge in [0.15, 0.2) is 0 Å². The largest absolute Gasteiger partial charge is 0.392 e. The zero-order valence-electron chi connectivity index (χ0n) is 10.6. The van der Waals surface area contributed by atoms with Crippen LogP contribution in [-0.2, 0) is 0 Å². The van der Waals surface area contributed by atoms with Gasteiger partial charge in [-0.05, 0) is 18.9 Å². The Bertz CT molecular complexity index is 471. The summed E-state index contributed by atoms with van der Waals surface area (Å²) in [6.07, 6.45) is -4.85. The molecule has 0 spiro atoms. The first-order valence-electron chi connectivity index (χ1n) is 6.50. The maximum Gasteiger partial charge on any atom is 0.392 e. The average Bonchev–Trinajstić information content (AvgIpc) is 2.37. The van der Waals surface area contributed by atoms with Gasteiger partial charge in [-0.1, -0.05) is 18.9 Å². The van der Waals surface area contributed by atoms with Crippen molar-refractivity contribution in [2.24, 2.45) is 11.8 Å². The lowest BCUT2D eigenvalue weighted by atomic mass is 9.74. The summed E-state index contributed by atoms with van der Waals surface area (Å²) < 4.78 is 65.3. The van der Waals surface area contributed by atoms with E-state index >= 15 is 0 Å². The van der Waals surface area contributed by atoms with Crippen LogP contribution >= 0.6 is 0 Å². The van der Waals surface area contributed by atoms with Crippen molar-refractivity contribution in [2.75, 3.05) is 0 Å². The van der Waals surface area contributed by atoms with Crippen molar-refractivity contribution in [3.05, 3.63) is 35.4 Å². The molecule has 6 heteroatoms. The Morgan fingerprint density at radius 2 is 1.75 bits per heavy atom. The van der Waals surface area contributed by atoms with Gasteiger partial charge in [-0.2, -0.15) is 13.2 Å². The first-order chi connectivity index (χ1) is 9.30. The van der Waals surface area contributed by atoms with E-state index in [1.165, 1.54) is 0 Å². The fraction of sp³-hybridized carbons (Fsp3) is 0.571. The second-order valence-electron chi connectivity index (χ2n) is 5.21. The van der Waals surface area contributed by atoms with Crippen molar-refractivity contribution >= 4 is 0 Å². The van der Waals surface area contributed by atoms with E-state index in [0.29, 0.717) is 18.9 Å². The van der Waals surface area contributed by atoms with Gasteiger partial charge in [0.05, 0.1) is 12.0 Å². The Balaban J connectivity index is 2.27. The van der Waals surface area contributed by atoms with Gasteiger partial charge in [0.1, 0.15) is 11.6 Å². The van der Waals surface area contributed by atoms with Crippen LogP contribution in [-0.4, -0.2) is 11.3 Å². The van der Waals surface area contributed by atoms with Crippen LogP contribution < -0.4 is 0 Å². The molecule has 1 N–H and O–H groups in total. The molecule has 1 aliphatic rings. The summed E-state index contributed by atoms with van der Waals surface area (Å²) in [5, 5.41) is 10.1. The van der Waals surface area contributed by atoms with Gasteiger partial charge in [0.25, 0.3) is 0 Å². The maximum absolute atomic E-state index is 13.6. The zero-order chi connectivity index (χ0) is 14.9. The summed E-state index contributed by atoms with van der Waals surface area (Å²) in [4.78, 5) is 0. The molecular formula is C14H15F5O. The van der Waals surface area contributed by atoms with E-state index < -0.39 is 35.8 Å². The number of alkyl halides is 3. The molecule has 1 nitrogen and oxygen atoms in total. The molecule has 0 heterocycles. The average molecular weight is 294 g/mol. The van der Waals surface area contributed by atoms with E-state index in [9.17, 15) is 27.1 Å². The van der Waals surface area contributed by atoms with Crippen molar-refractivity contribution in [3.63, 3.8) is 0 Å². The number of halogens is 5. The smallest absolute Gasteiger partial charge is 0.388 e. The molecule has 0 saturated heterocycles. The predicted octanol–water partition coefficient (Wildman–Crippen LogP) is 4.37. The van der Waals surface area contributed by atoms with Crippen molar-refractivity contribution in [3.8, 4) is 0 Å². The number of benzene rings is 1. The summed E-state index contributed by atoms with van der Waals surface area (Å²) in [5.41, 5.74) is -0.271. The SMILES string of the molecule is OC(c1ccc(F)cc1F)C1CCCCC1C(F)(F)F. The van der Waals surface area contributed by atoms with Gasteiger partial charge in [-0.25, -0.2) is 8.78 Å². The zero-order valence-corrected chi connectivity index (χ0v) is 10.6. The summed E-state index contributed by atoms with van der Waals surface area (Å²) in [5.74, 6) is -4.56. The van der Waals surface area contributed by atoms with Crippen LogP contribution in [0.15, 0.2) is 18.2 Å². The van der Waals surface area contributed by atoms with Crippen LogP contribution in [0.4, 0.5) is 22.0 Å². The number of hydrogen-bond acceptors (Lipinski definition) is 1. The highest BCUT2D eigenvalue weighted by Crippen LogP contribution is 2.46. The van der Waals surface area contributed by atoms with Crippen molar-refractivity contribution in [1.82, 2.24) is 0 Å². The van der Waals surface area contributed by atoms with Crippen molar-refractivity contribution in [2.45, 2.75) is 38.0 Å². The lowest BCUT2D eigenvalue weighted by Gasteiger charge is -2.36. The van der Waals surface area contributed by atoms with Crippen LogP contribution in [0.5, 0.6) is 0 Å². The molecule has 2 rings (SSSR count). The number of rotatable bonds is 2. The molecular weight excluding hydrogens is 279 g/mol. The summed E-state index contributed by atoms with van der Waals surface area (Å²) in [7, 11) is 0. The fourth-order valence-electron chi connectivity index (χ4n) is 2.92. The highest BCUT2D eigenvalue weighted by molar-refractivity contribution is 5.22. The second-order valence-corrected chi connectivity index (χ2v) is 5.21. The van der Waals surface area contributed by atoms with E-state index in [4.69, 9.17) is 0 Å². The van der Waals surface area contributed by atoms with Gasteiger partial charge in [0.2, 0.25) is 0 Å². The molecule has 3 atom stereocenters. The van der Waals surface area contributed by atoms with Crippen LogP contribution in [0.25, 0.3) is 0 Å². The summed E-state index contributed by atoms with van der Waals surface area (Å²) in [6, 6.07) is 2.52. The van der Waals surface area contributed by atoms with E-state index in [2.05, 4.69) is 0 Å². The van der Waals surface area contributed by atoms with Gasteiger partial charge in [-0.3, -0.25) is 0 Å².